The van der Waals surface area contributed by atoms with E-state index >= 15 is 0 Å². The molecule has 0 unspecified atom stereocenters. The number of ether oxygens (including phenoxy) is 1. The van der Waals surface area contributed by atoms with Crippen LogP contribution in [0.5, 0.6) is 5.75 Å². The number of amides is 1. The first kappa shape index (κ1) is 17.2. The number of hydrazone groups is 1. The molecule has 0 aromatic heterocycles. The standard InChI is InChI=1S/C21H24N2O2/c24-21(19-9-5-2-6-10-19)23-22-15-17-11-13-20(14-12-17)25-16-18-7-3-1-4-8-18/h1,3-4,7-8,11-15,19H,2,5-6,9-10,16H2,(H,23,24)/b22-15+. The number of benzene rings is 2. The third-order valence-corrected chi connectivity index (χ3v) is 4.49. The molecular formula is C21H24N2O2. The molecule has 4 nitrogen and oxygen atoms in total. The minimum Gasteiger partial charge on any atom is -0.489 e. The maximum absolute atomic E-state index is 12.0. The molecule has 1 fully saturated rings. The van der Waals surface area contributed by atoms with Crippen molar-refractivity contribution < 1.29 is 9.53 Å². The molecule has 2 aromatic rings. The number of hydrogen-bond acceptors (Lipinski definition) is 3. The predicted molar refractivity (Wildman–Crippen MR) is 99.5 cm³/mol. The fraction of sp³-hybridized carbons (Fsp3) is 0.333. The number of hydrogen-bond donors (Lipinski definition) is 1. The van der Waals surface area contributed by atoms with Crippen molar-refractivity contribution in [3.63, 3.8) is 0 Å². The van der Waals surface area contributed by atoms with E-state index in [4.69, 9.17) is 4.74 Å². The Morgan fingerprint density at radius 1 is 1.04 bits per heavy atom. The van der Waals surface area contributed by atoms with Gasteiger partial charge in [-0.15, -0.1) is 0 Å². The second-order valence-electron chi connectivity index (χ2n) is 6.41. The minimum atomic E-state index is 0.0405. The van der Waals surface area contributed by atoms with Crippen molar-refractivity contribution in [1.82, 2.24) is 5.43 Å². The maximum Gasteiger partial charge on any atom is 0.243 e. The Bertz CT molecular complexity index is 690. The van der Waals surface area contributed by atoms with Gasteiger partial charge in [-0.05, 0) is 48.2 Å². The molecule has 1 aliphatic rings. The van der Waals surface area contributed by atoms with Crippen LogP contribution in [0.3, 0.4) is 0 Å². The summed E-state index contributed by atoms with van der Waals surface area (Å²) in [6, 6.07) is 17.7. The minimum absolute atomic E-state index is 0.0405. The molecule has 25 heavy (non-hydrogen) atoms. The first-order chi connectivity index (χ1) is 12.3. The highest BCUT2D eigenvalue weighted by Crippen LogP contribution is 2.23. The van der Waals surface area contributed by atoms with Gasteiger partial charge in [0.05, 0.1) is 6.21 Å². The fourth-order valence-corrected chi connectivity index (χ4v) is 3.02. The van der Waals surface area contributed by atoms with E-state index in [2.05, 4.69) is 10.5 Å². The summed E-state index contributed by atoms with van der Waals surface area (Å²) >= 11 is 0. The molecule has 3 rings (SSSR count). The lowest BCUT2D eigenvalue weighted by molar-refractivity contribution is -0.125. The first-order valence-electron chi connectivity index (χ1n) is 8.91. The average molecular weight is 336 g/mol. The van der Waals surface area contributed by atoms with Gasteiger partial charge in [-0.3, -0.25) is 4.79 Å². The van der Waals surface area contributed by atoms with E-state index in [-0.39, 0.29) is 11.8 Å². The van der Waals surface area contributed by atoms with Gasteiger partial charge in [0.25, 0.3) is 0 Å². The van der Waals surface area contributed by atoms with Crippen LogP contribution in [0.4, 0.5) is 0 Å². The highest BCUT2D eigenvalue weighted by Gasteiger charge is 2.20. The molecule has 1 saturated carbocycles. The van der Waals surface area contributed by atoms with Crippen molar-refractivity contribution in [3.05, 3.63) is 65.7 Å². The summed E-state index contributed by atoms with van der Waals surface area (Å²) < 4.78 is 5.75. The Balaban J connectivity index is 1.46. The Labute approximate surface area is 148 Å². The largest absolute Gasteiger partial charge is 0.489 e. The zero-order valence-corrected chi connectivity index (χ0v) is 14.4. The van der Waals surface area contributed by atoms with Gasteiger partial charge in [0, 0.05) is 5.92 Å². The Morgan fingerprint density at radius 3 is 2.48 bits per heavy atom. The number of nitrogens with one attached hydrogen (secondary N) is 1. The third-order valence-electron chi connectivity index (χ3n) is 4.49. The van der Waals surface area contributed by atoms with E-state index in [1.54, 1.807) is 6.21 Å². The SMILES string of the molecule is O=C(N/N=C/c1ccc(OCc2ccccc2)cc1)C1CCCCC1. The van der Waals surface area contributed by atoms with Crippen LogP contribution in [-0.4, -0.2) is 12.1 Å². The van der Waals surface area contributed by atoms with Gasteiger partial charge in [0.15, 0.2) is 0 Å². The highest BCUT2D eigenvalue weighted by molar-refractivity contribution is 5.83. The van der Waals surface area contributed by atoms with E-state index in [0.29, 0.717) is 6.61 Å². The van der Waals surface area contributed by atoms with Gasteiger partial charge in [-0.2, -0.15) is 5.10 Å². The highest BCUT2D eigenvalue weighted by atomic mass is 16.5. The zero-order chi connectivity index (χ0) is 17.3. The summed E-state index contributed by atoms with van der Waals surface area (Å²) in [6.07, 6.45) is 7.16. The maximum atomic E-state index is 12.0. The summed E-state index contributed by atoms with van der Waals surface area (Å²) in [4.78, 5) is 12.0. The summed E-state index contributed by atoms with van der Waals surface area (Å²) in [5, 5.41) is 4.07. The summed E-state index contributed by atoms with van der Waals surface area (Å²) in [6.45, 7) is 0.547. The summed E-state index contributed by atoms with van der Waals surface area (Å²) in [5.41, 5.74) is 4.73. The second kappa shape index (κ2) is 9.02. The molecule has 4 heteroatoms. The fourth-order valence-electron chi connectivity index (χ4n) is 3.02. The lowest BCUT2D eigenvalue weighted by Crippen LogP contribution is -2.28. The second-order valence-corrected chi connectivity index (χ2v) is 6.41. The van der Waals surface area contributed by atoms with E-state index < -0.39 is 0 Å². The van der Waals surface area contributed by atoms with E-state index in [1.807, 2.05) is 54.6 Å². The normalized spacial score (nSPS) is 15.2. The Hall–Kier alpha value is -2.62. The molecule has 0 radical (unpaired) electrons. The first-order valence-corrected chi connectivity index (χ1v) is 8.91. The van der Waals surface area contributed by atoms with Crippen molar-refractivity contribution in [3.8, 4) is 5.75 Å². The molecule has 0 spiro atoms. The van der Waals surface area contributed by atoms with Gasteiger partial charge in [-0.25, -0.2) is 5.43 Å². The van der Waals surface area contributed by atoms with Crippen LogP contribution in [0.15, 0.2) is 59.7 Å². The molecule has 2 aromatic carbocycles. The molecule has 1 amide bonds. The van der Waals surface area contributed by atoms with Gasteiger partial charge in [0.2, 0.25) is 5.91 Å². The summed E-state index contributed by atoms with van der Waals surface area (Å²) in [7, 11) is 0. The summed E-state index contributed by atoms with van der Waals surface area (Å²) in [5.74, 6) is 0.977. The van der Waals surface area contributed by atoms with Crippen LogP contribution in [0.2, 0.25) is 0 Å². The van der Waals surface area contributed by atoms with Crippen LogP contribution in [0.25, 0.3) is 0 Å². The van der Waals surface area contributed by atoms with Gasteiger partial charge in [-0.1, -0.05) is 49.6 Å². The number of rotatable bonds is 6. The average Bonchev–Trinajstić information content (AvgIpc) is 2.69. The van der Waals surface area contributed by atoms with Crippen molar-refractivity contribution in [2.24, 2.45) is 11.0 Å². The molecule has 1 N–H and O–H groups in total. The molecule has 0 heterocycles. The van der Waals surface area contributed by atoms with Crippen molar-refractivity contribution in [2.75, 3.05) is 0 Å². The number of carbonyl (C=O) groups excluding carboxylic acids is 1. The van der Waals surface area contributed by atoms with Crippen LogP contribution >= 0.6 is 0 Å². The van der Waals surface area contributed by atoms with Crippen molar-refractivity contribution in [1.29, 1.82) is 0 Å². The molecular weight excluding hydrogens is 312 g/mol. The molecule has 0 atom stereocenters. The van der Waals surface area contributed by atoms with Crippen LogP contribution < -0.4 is 10.2 Å². The van der Waals surface area contributed by atoms with Crippen molar-refractivity contribution in [2.45, 2.75) is 38.7 Å². The van der Waals surface area contributed by atoms with Crippen LogP contribution in [0, 0.1) is 5.92 Å². The Morgan fingerprint density at radius 2 is 1.76 bits per heavy atom. The lowest BCUT2D eigenvalue weighted by atomic mass is 9.89. The van der Waals surface area contributed by atoms with E-state index in [0.717, 1.165) is 42.6 Å². The van der Waals surface area contributed by atoms with Crippen molar-refractivity contribution >= 4 is 12.1 Å². The van der Waals surface area contributed by atoms with Crippen LogP contribution in [-0.2, 0) is 11.4 Å². The van der Waals surface area contributed by atoms with E-state index in [1.165, 1.54) is 6.42 Å². The lowest BCUT2D eigenvalue weighted by Gasteiger charge is -2.19. The van der Waals surface area contributed by atoms with Gasteiger partial charge in [0.1, 0.15) is 12.4 Å². The molecule has 0 aliphatic heterocycles. The van der Waals surface area contributed by atoms with Gasteiger partial charge < -0.3 is 4.74 Å². The quantitative estimate of drug-likeness (QED) is 0.632. The molecule has 0 bridgehead atoms. The number of carbonyl (C=O) groups is 1. The predicted octanol–water partition coefficient (Wildman–Crippen LogP) is 4.30. The van der Waals surface area contributed by atoms with Crippen LogP contribution in [0.1, 0.15) is 43.2 Å². The molecule has 130 valence electrons. The third kappa shape index (κ3) is 5.45. The molecule has 1 aliphatic carbocycles. The topological polar surface area (TPSA) is 50.7 Å². The zero-order valence-electron chi connectivity index (χ0n) is 14.4. The number of nitrogens with zero attached hydrogens (tertiary/aromatic N) is 1. The van der Waals surface area contributed by atoms with E-state index in [9.17, 15) is 4.79 Å². The smallest absolute Gasteiger partial charge is 0.243 e. The Kier molecular flexibility index (Phi) is 6.21. The monoisotopic (exact) mass is 336 g/mol. The van der Waals surface area contributed by atoms with Gasteiger partial charge >= 0.3 is 0 Å². The molecule has 0 saturated heterocycles.